The molecule has 4 heterocycles. The third-order valence-electron chi connectivity index (χ3n) is 10.9. The Morgan fingerprint density at radius 2 is 1.70 bits per heavy atom. The van der Waals surface area contributed by atoms with Crippen LogP contribution in [0.5, 0.6) is 0 Å². The highest BCUT2D eigenvalue weighted by atomic mass is 16.7. The van der Waals surface area contributed by atoms with E-state index in [1.165, 1.54) is 10.1 Å². The van der Waals surface area contributed by atoms with Gasteiger partial charge in [0.15, 0.2) is 17.7 Å². The number of amides is 1. The number of hydrazine groups is 1. The zero-order valence-corrected chi connectivity index (χ0v) is 29.9. The first-order valence-electron chi connectivity index (χ1n) is 16.6. The Labute approximate surface area is 274 Å². The van der Waals surface area contributed by atoms with Crippen LogP contribution in [0, 0.1) is 23.7 Å². The van der Waals surface area contributed by atoms with Crippen molar-refractivity contribution in [3.8, 4) is 0 Å². The predicted octanol–water partition coefficient (Wildman–Crippen LogP) is 3.49. The lowest BCUT2D eigenvalue weighted by Crippen LogP contribution is -2.63. The van der Waals surface area contributed by atoms with Crippen LogP contribution in [0.4, 0.5) is 4.79 Å². The molecule has 1 amide bonds. The van der Waals surface area contributed by atoms with Gasteiger partial charge in [-0.3, -0.25) is 9.59 Å². The maximum atomic E-state index is 14.2. The minimum atomic E-state index is -1.18. The van der Waals surface area contributed by atoms with Gasteiger partial charge >= 0.3 is 12.1 Å². The molecule has 4 rings (SSSR count). The Morgan fingerprint density at radius 1 is 1.04 bits per heavy atom. The lowest BCUT2D eigenvalue weighted by Gasteiger charge is -2.49. The molecule has 13 heteroatoms. The van der Waals surface area contributed by atoms with Crippen LogP contribution in [0.2, 0.25) is 0 Å². The predicted molar refractivity (Wildman–Crippen MR) is 170 cm³/mol. The molecular formula is C33H56N4O9. The first-order valence-corrected chi connectivity index (χ1v) is 16.6. The highest BCUT2D eigenvalue weighted by Crippen LogP contribution is 2.45. The van der Waals surface area contributed by atoms with E-state index in [0.717, 1.165) is 12.1 Å². The summed E-state index contributed by atoms with van der Waals surface area (Å²) in [7, 11) is 8.94. The van der Waals surface area contributed by atoms with Crippen LogP contribution in [-0.2, 0) is 38.0 Å². The van der Waals surface area contributed by atoms with Crippen molar-refractivity contribution in [2.75, 3.05) is 35.4 Å². The molecule has 2 bridgehead atoms. The van der Waals surface area contributed by atoms with Crippen LogP contribution < -0.4 is 0 Å². The number of rotatable bonds is 6. The lowest BCUT2D eigenvalue weighted by molar-refractivity contribution is -0.299. The molecular weight excluding hydrogens is 596 g/mol. The fraction of sp³-hybridized carbons (Fsp3) is 0.879. The molecule has 0 aliphatic carbocycles. The Hall–Kier alpha value is -2.32. The van der Waals surface area contributed by atoms with Crippen molar-refractivity contribution in [3.05, 3.63) is 0 Å². The number of hydrogen-bond donors (Lipinski definition) is 0. The summed E-state index contributed by atoms with van der Waals surface area (Å²) in [5.74, 6) is -3.36. The van der Waals surface area contributed by atoms with E-state index in [-0.39, 0.29) is 29.8 Å². The standard InChI is InChI=1S/C33H56N4O9/c1-14-23-33(8)27-19(4)24(34-36(11)37(27)31(40)46-33)17(2)16-32(7,42-13)28(20(5)25(38)21(6)29(39)44-23)45-30-26(41-12)22(35(9)10)15-18(3)43-30/h17-23,26-28,30H,14-16H2,1-13H3/t17?,18?,19-,20?,21?,22?,23+,26?,27+,28?,30?,32?,33?/m0/s1. The molecule has 262 valence electrons. The van der Waals surface area contributed by atoms with Crippen molar-refractivity contribution >= 4 is 23.6 Å². The third kappa shape index (κ3) is 6.29. The highest BCUT2D eigenvalue weighted by Gasteiger charge is 2.62. The maximum Gasteiger partial charge on any atom is 0.431 e. The first kappa shape index (κ1) is 36.5. The second kappa shape index (κ2) is 13.7. The van der Waals surface area contributed by atoms with Gasteiger partial charge in [-0.15, -0.1) is 0 Å². The van der Waals surface area contributed by atoms with Gasteiger partial charge in [0.25, 0.3) is 0 Å². The van der Waals surface area contributed by atoms with E-state index in [9.17, 15) is 14.4 Å². The normalized spacial score (nSPS) is 44.1. The molecule has 13 nitrogen and oxygen atoms in total. The monoisotopic (exact) mass is 652 g/mol. The zero-order chi connectivity index (χ0) is 34.5. The molecule has 0 saturated carbocycles. The molecule has 3 fully saturated rings. The second-order valence-electron chi connectivity index (χ2n) is 14.4. The Bertz CT molecular complexity index is 1180. The van der Waals surface area contributed by atoms with Crippen molar-refractivity contribution < 1.29 is 42.8 Å². The van der Waals surface area contributed by atoms with E-state index in [2.05, 4.69) is 11.8 Å². The highest BCUT2D eigenvalue weighted by molar-refractivity contribution is 6.00. The molecule has 10 unspecified atom stereocenters. The van der Waals surface area contributed by atoms with Gasteiger partial charge in [0, 0.05) is 44.9 Å². The number of fused-ring (bicyclic) bond motifs is 1. The number of hydrogen-bond acceptors (Lipinski definition) is 12. The second-order valence-corrected chi connectivity index (χ2v) is 14.4. The number of ketones is 1. The van der Waals surface area contributed by atoms with Crippen molar-refractivity contribution in [1.82, 2.24) is 15.0 Å². The number of hydrazone groups is 1. The SMILES string of the molecule is CC[C@H]1OC(=O)C(C)C(=O)C(C)C(OC2OC(C)CC(N(C)C)C2OC)C(C)(OC)CC(C)C2=NN(C)N3C(=O)OC1(C)[C@H]3[C@H]2C. The molecule has 3 saturated heterocycles. The van der Waals surface area contributed by atoms with E-state index >= 15 is 0 Å². The van der Waals surface area contributed by atoms with Gasteiger partial charge in [-0.05, 0) is 67.0 Å². The van der Waals surface area contributed by atoms with Crippen LogP contribution in [0.3, 0.4) is 0 Å². The van der Waals surface area contributed by atoms with Crippen molar-refractivity contribution in [2.45, 2.75) is 129 Å². The van der Waals surface area contributed by atoms with E-state index in [0.29, 0.717) is 12.8 Å². The van der Waals surface area contributed by atoms with E-state index in [4.69, 9.17) is 33.5 Å². The Balaban J connectivity index is 1.83. The topological polar surface area (TPSA) is 129 Å². The summed E-state index contributed by atoms with van der Waals surface area (Å²) in [6, 6.07) is -0.494. The molecule has 0 aromatic rings. The van der Waals surface area contributed by atoms with Crippen molar-refractivity contribution in [2.24, 2.45) is 28.8 Å². The van der Waals surface area contributed by atoms with Gasteiger partial charge in [-0.25, -0.2) is 9.91 Å². The van der Waals surface area contributed by atoms with Gasteiger partial charge < -0.3 is 33.3 Å². The van der Waals surface area contributed by atoms with Crippen LogP contribution in [0.15, 0.2) is 5.10 Å². The first-order chi connectivity index (χ1) is 21.4. The van der Waals surface area contributed by atoms with E-state index in [1.54, 1.807) is 42.0 Å². The average Bonchev–Trinajstić information content (AvgIpc) is 3.29. The maximum absolute atomic E-state index is 14.2. The number of Topliss-reactive ketones (excluding diaryl/α,β-unsaturated/α-hetero) is 1. The molecule has 0 N–H and O–H groups in total. The number of carbonyl (C=O) groups excluding carboxylic acids is 3. The fourth-order valence-corrected chi connectivity index (χ4v) is 8.30. The summed E-state index contributed by atoms with van der Waals surface area (Å²) in [4.78, 5) is 43.2. The van der Waals surface area contributed by atoms with E-state index < -0.39 is 65.7 Å². The van der Waals surface area contributed by atoms with Crippen molar-refractivity contribution in [3.63, 3.8) is 0 Å². The molecule has 13 atom stereocenters. The number of cyclic esters (lactones) is 1. The zero-order valence-electron chi connectivity index (χ0n) is 29.9. The van der Waals surface area contributed by atoms with Crippen LogP contribution in [0.25, 0.3) is 0 Å². The van der Waals surface area contributed by atoms with Crippen LogP contribution in [0.1, 0.15) is 74.7 Å². The summed E-state index contributed by atoms with van der Waals surface area (Å²) in [5, 5.41) is 7.89. The smallest absolute Gasteiger partial charge is 0.431 e. The minimum Gasteiger partial charge on any atom is -0.457 e. The van der Waals surface area contributed by atoms with Crippen LogP contribution in [-0.4, -0.2) is 128 Å². The minimum absolute atomic E-state index is 0.0115. The molecule has 4 aliphatic rings. The molecule has 0 aromatic carbocycles. The summed E-state index contributed by atoms with van der Waals surface area (Å²) < 4.78 is 37.5. The summed E-state index contributed by atoms with van der Waals surface area (Å²) in [6.07, 6.45) is -2.00. The van der Waals surface area contributed by atoms with Gasteiger partial charge in [0.1, 0.15) is 24.2 Å². The number of ether oxygens (including phenoxy) is 6. The molecule has 0 radical (unpaired) electrons. The Morgan fingerprint density at radius 3 is 2.26 bits per heavy atom. The number of methoxy groups -OCH3 is 2. The van der Waals surface area contributed by atoms with Gasteiger partial charge in [0.05, 0.1) is 17.8 Å². The van der Waals surface area contributed by atoms with Gasteiger partial charge in [0.2, 0.25) is 0 Å². The number of nitrogens with zero attached hydrogens (tertiary/aromatic N) is 4. The quantitative estimate of drug-likeness (QED) is 0.309. The van der Waals surface area contributed by atoms with Gasteiger partial charge in [-0.1, -0.05) is 27.7 Å². The third-order valence-corrected chi connectivity index (χ3v) is 10.9. The number of likely N-dealkylation sites (N-methyl/N-ethyl adjacent to an activating group) is 1. The molecule has 46 heavy (non-hydrogen) atoms. The number of esters is 1. The Kier molecular flexibility index (Phi) is 10.8. The largest absolute Gasteiger partial charge is 0.457 e. The fourth-order valence-electron chi connectivity index (χ4n) is 8.30. The molecule has 4 aliphatic heterocycles. The lowest BCUT2D eigenvalue weighted by atomic mass is 9.73. The summed E-state index contributed by atoms with van der Waals surface area (Å²) in [6.45, 7) is 15.0. The average molecular weight is 653 g/mol. The van der Waals surface area contributed by atoms with Gasteiger partial charge in [-0.2, -0.15) is 10.1 Å². The summed E-state index contributed by atoms with van der Waals surface area (Å²) in [5.41, 5.74) is -1.38. The number of carbonyl (C=O) groups is 3. The molecule has 0 spiro atoms. The van der Waals surface area contributed by atoms with E-state index in [1.807, 2.05) is 41.8 Å². The molecule has 0 aromatic heterocycles. The van der Waals surface area contributed by atoms with Crippen molar-refractivity contribution in [1.29, 1.82) is 0 Å². The summed E-state index contributed by atoms with van der Waals surface area (Å²) >= 11 is 0. The van der Waals surface area contributed by atoms with Crippen LogP contribution >= 0.6 is 0 Å².